The van der Waals surface area contributed by atoms with Crippen LogP contribution in [0.1, 0.15) is 12.5 Å². The number of hydrogen-bond donors (Lipinski definition) is 2. The Morgan fingerprint density at radius 1 is 1.04 bits per heavy atom. The van der Waals surface area contributed by atoms with Gasteiger partial charge in [0.25, 0.3) is 0 Å². The largest absolute Gasteiger partial charge is 0.493 e. The first kappa shape index (κ1) is 20.5. The van der Waals surface area contributed by atoms with Crippen LogP contribution in [-0.2, 0) is 6.54 Å². The molecule has 3 fully saturated rings. The fourth-order valence-corrected chi connectivity index (χ4v) is 3.87. The number of piperazine rings is 3. The molecular formula is C20H33N5O3. The maximum Gasteiger partial charge on any atom is 0.203 e. The van der Waals surface area contributed by atoms with Crippen molar-refractivity contribution in [3.8, 4) is 17.2 Å². The summed E-state index contributed by atoms with van der Waals surface area (Å²) >= 11 is 0. The summed E-state index contributed by atoms with van der Waals surface area (Å²) in [5.41, 5.74) is 0.998. The van der Waals surface area contributed by atoms with Crippen LogP contribution in [0.2, 0.25) is 0 Å². The van der Waals surface area contributed by atoms with Gasteiger partial charge in [0.15, 0.2) is 17.5 Å². The van der Waals surface area contributed by atoms with Crippen LogP contribution in [0.3, 0.4) is 0 Å². The van der Waals surface area contributed by atoms with Crippen molar-refractivity contribution in [3.63, 3.8) is 0 Å². The van der Waals surface area contributed by atoms with Crippen molar-refractivity contribution in [3.05, 3.63) is 17.7 Å². The fraction of sp³-hybridized carbons (Fsp3) is 0.650. The van der Waals surface area contributed by atoms with Crippen molar-refractivity contribution in [2.45, 2.75) is 19.5 Å². The van der Waals surface area contributed by atoms with E-state index in [1.54, 1.807) is 21.3 Å². The Bertz CT molecular complexity index is 649. The van der Waals surface area contributed by atoms with Crippen LogP contribution in [0.15, 0.2) is 17.1 Å². The quantitative estimate of drug-likeness (QED) is 0.501. The van der Waals surface area contributed by atoms with Crippen molar-refractivity contribution in [2.75, 3.05) is 67.1 Å². The zero-order valence-electron chi connectivity index (χ0n) is 17.5. The van der Waals surface area contributed by atoms with Gasteiger partial charge in [-0.05, 0) is 24.6 Å². The molecule has 3 aliphatic heterocycles. The fourth-order valence-electron chi connectivity index (χ4n) is 3.87. The molecule has 0 amide bonds. The molecule has 156 valence electrons. The summed E-state index contributed by atoms with van der Waals surface area (Å²) in [5.74, 6) is 2.71. The molecule has 3 aliphatic rings. The van der Waals surface area contributed by atoms with E-state index < -0.39 is 0 Å². The molecule has 0 saturated carbocycles. The molecule has 8 nitrogen and oxygen atoms in total. The first-order chi connectivity index (χ1) is 13.7. The first-order valence-electron chi connectivity index (χ1n) is 9.96. The molecule has 1 aromatic carbocycles. The highest BCUT2D eigenvalue weighted by molar-refractivity contribution is 5.79. The molecule has 0 aromatic heterocycles. The monoisotopic (exact) mass is 391 g/mol. The van der Waals surface area contributed by atoms with Crippen LogP contribution in [0.4, 0.5) is 0 Å². The van der Waals surface area contributed by atoms with Gasteiger partial charge in [0.2, 0.25) is 5.75 Å². The Kier molecular flexibility index (Phi) is 7.22. The number of nitrogens with one attached hydrogen (secondary N) is 2. The molecule has 1 atom stereocenters. The zero-order chi connectivity index (χ0) is 19.9. The van der Waals surface area contributed by atoms with Gasteiger partial charge in [-0.2, -0.15) is 0 Å². The normalized spacial score (nSPS) is 24.0. The standard InChI is InChI=1S/C20H33N5O3/c1-5-21-20(23-13-16-14-24-6-8-25(16)9-7-24)22-12-15-10-17(26-2)19(28-4)18(11-15)27-3/h10-11,16H,5-9,12-14H2,1-4H3,(H2,21,22,23). The number of methoxy groups -OCH3 is 3. The number of aliphatic imine (C=N–C) groups is 1. The minimum Gasteiger partial charge on any atom is -0.493 e. The molecule has 28 heavy (non-hydrogen) atoms. The predicted octanol–water partition coefficient (Wildman–Crippen LogP) is 0.767. The number of rotatable bonds is 8. The summed E-state index contributed by atoms with van der Waals surface area (Å²) in [6.45, 7) is 10.2. The summed E-state index contributed by atoms with van der Waals surface area (Å²) in [7, 11) is 4.86. The number of nitrogens with zero attached hydrogens (tertiary/aromatic N) is 3. The molecule has 8 heteroatoms. The molecule has 1 aromatic rings. The van der Waals surface area contributed by atoms with E-state index in [0.717, 1.165) is 31.2 Å². The summed E-state index contributed by atoms with van der Waals surface area (Å²) in [5, 5.41) is 6.84. The second kappa shape index (κ2) is 9.84. The van der Waals surface area contributed by atoms with E-state index in [-0.39, 0.29) is 0 Å². The number of hydrogen-bond acceptors (Lipinski definition) is 6. The Morgan fingerprint density at radius 2 is 1.71 bits per heavy atom. The van der Waals surface area contributed by atoms with Gasteiger partial charge in [0.1, 0.15) is 0 Å². The Morgan fingerprint density at radius 3 is 2.21 bits per heavy atom. The van der Waals surface area contributed by atoms with Crippen molar-refractivity contribution in [2.24, 2.45) is 4.99 Å². The second-order valence-electron chi connectivity index (χ2n) is 7.10. The minimum absolute atomic E-state index is 0.520. The molecular weight excluding hydrogens is 358 g/mol. The third-order valence-electron chi connectivity index (χ3n) is 5.39. The van der Waals surface area contributed by atoms with E-state index in [9.17, 15) is 0 Å². The lowest BCUT2D eigenvalue weighted by Gasteiger charge is -2.47. The van der Waals surface area contributed by atoms with E-state index in [2.05, 4.69) is 27.4 Å². The van der Waals surface area contributed by atoms with Gasteiger partial charge >= 0.3 is 0 Å². The van der Waals surface area contributed by atoms with Gasteiger partial charge in [-0.1, -0.05) is 0 Å². The van der Waals surface area contributed by atoms with Gasteiger partial charge in [-0.15, -0.1) is 0 Å². The van der Waals surface area contributed by atoms with Gasteiger partial charge in [0.05, 0.1) is 27.9 Å². The van der Waals surface area contributed by atoms with Crippen LogP contribution in [-0.4, -0.2) is 88.9 Å². The summed E-state index contributed by atoms with van der Waals surface area (Å²) in [6, 6.07) is 4.42. The highest BCUT2D eigenvalue weighted by atomic mass is 16.5. The number of benzene rings is 1. The van der Waals surface area contributed by atoms with E-state index >= 15 is 0 Å². The van der Waals surface area contributed by atoms with Crippen molar-refractivity contribution < 1.29 is 14.2 Å². The third-order valence-corrected chi connectivity index (χ3v) is 5.39. The zero-order valence-corrected chi connectivity index (χ0v) is 17.5. The van der Waals surface area contributed by atoms with Crippen LogP contribution in [0, 0.1) is 0 Å². The lowest BCUT2D eigenvalue weighted by atomic mass is 10.1. The molecule has 3 heterocycles. The van der Waals surface area contributed by atoms with Gasteiger partial charge in [0, 0.05) is 51.9 Å². The number of ether oxygens (including phenoxy) is 3. The Labute approximate surface area is 167 Å². The molecule has 2 N–H and O–H groups in total. The molecule has 3 saturated heterocycles. The smallest absolute Gasteiger partial charge is 0.203 e. The lowest BCUT2D eigenvalue weighted by Crippen LogP contribution is -2.63. The topological polar surface area (TPSA) is 70.6 Å². The maximum absolute atomic E-state index is 5.43. The average Bonchev–Trinajstić information content (AvgIpc) is 2.75. The SMILES string of the molecule is CCNC(=NCc1cc(OC)c(OC)c(OC)c1)NCC1CN2CCN1CC2. The van der Waals surface area contributed by atoms with E-state index in [0.29, 0.717) is 29.8 Å². The predicted molar refractivity (Wildman–Crippen MR) is 111 cm³/mol. The number of guanidine groups is 1. The van der Waals surface area contributed by atoms with Crippen LogP contribution < -0.4 is 24.8 Å². The van der Waals surface area contributed by atoms with Gasteiger partial charge in [-0.3, -0.25) is 9.80 Å². The molecule has 0 radical (unpaired) electrons. The molecule has 4 rings (SSSR count). The number of fused-ring (bicyclic) bond motifs is 3. The summed E-state index contributed by atoms with van der Waals surface area (Å²) < 4.78 is 16.3. The summed E-state index contributed by atoms with van der Waals surface area (Å²) in [6.07, 6.45) is 0. The van der Waals surface area contributed by atoms with E-state index in [1.807, 2.05) is 12.1 Å². The highest BCUT2D eigenvalue weighted by Crippen LogP contribution is 2.38. The lowest BCUT2D eigenvalue weighted by molar-refractivity contribution is 0.0154. The van der Waals surface area contributed by atoms with Crippen LogP contribution in [0.5, 0.6) is 17.2 Å². The van der Waals surface area contributed by atoms with Gasteiger partial charge in [-0.25, -0.2) is 4.99 Å². The van der Waals surface area contributed by atoms with Gasteiger partial charge < -0.3 is 24.8 Å². The maximum atomic E-state index is 5.43. The Hall–Kier alpha value is -2.19. The molecule has 0 aliphatic carbocycles. The Balaban J connectivity index is 1.65. The molecule has 1 unspecified atom stereocenters. The first-order valence-corrected chi connectivity index (χ1v) is 9.96. The molecule has 0 spiro atoms. The van der Waals surface area contributed by atoms with Crippen molar-refractivity contribution >= 4 is 5.96 Å². The summed E-state index contributed by atoms with van der Waals surface area (Å²) in [4.78, 5) is 9.87. The minimum atomic E-state index is 0.520. The van der Waals surface area contributed by atoms with Crippen molar-refractivity contribution in [1.29, 1.82) is 0 Å². The van der Waals surface area contributed by atoms with E-state index in [4.69, 9.17) is 19.2 Å². The van der Waals surface area contributed by atoms with Crippen LogP contribution >= 0.6 is 0 Å². The average molecular weight is 392 g/mol. The van der Waals surface area contributed by atoms with Crippen molar-refractivity contribution in [1.82, 2.24) is 20.4 Å². The molecule has 2 bridgehead atoms. The third kappa shape index (κ3) is 4.80. The highest BCUT2D eigenvalue weighted by Gasteiger charge is 2.31. The van der Waals surface area contributed by atoms with E-state index in [1.165, 1.54) is 26.2 Å². The second-order valence-corrected chi connectivity index (χ2v) is 7.10. The van der Waals surface area contributed by atoms with Crippen LogP contribution in [0.25, 0.3) is 0 Å².